The molecule has 0 saturated heterocycles. The van der Waals surface area contributed by atoms with Gasteiger partial charge >= 0.3 is 5.97 Å². The molecule has 1 aromatic rings. The van der Waals surface area contributed by atoms with Crippen molar-refractivity contribution in [2.24, 2.45) is 23.7 Å². The van der Waals surface area contributed by atoms with Crippen molar-refractivity contribution in [3.8, 4) is 0 Å². The van der Waals surface area contributed by atoms with E-state index in [2.05, 4.69) is 60.7 Å². The molecule has 2 nitrogen and oxygen atoms in total. The lowest BCUT2D eigenvalue weighted by atomic mass is 9.53. The highest BCUT2D eigenvalue weighted by Crippen LogP contribution is 2.52. The van der Waals surface area contributed by atoms with Crippen LogP contribution >= 0.6 is 0 Å². The van der Waals surface area contributed by atoms with Gasteiger partial charge in [0.1, 0.15) is 0 Å². The number of methoxy groups -OCH3 is 1. The van der Waals surface area contributed by atoms with E-state index >= 15 is 0 Å². The van der Waals surface area contributed by atoms with E-state index in [9.17, 15) is 4.79 Å². The summed E-state index contributed by atoms with van der Waals surface area (Å²) in [4.78, 5) is 11.7. The molecule has 2 aliphatic rings. The Labute approximate surface area is 144 Å². The van der Waals surface area contributed by atoms with E-state index in [1.54, 1.807) is 0 Å². The van der Waals surface area contributed by atoms with E-state index in [0.29, 0.717) is 30.1 Å². The lowest BCUT2D eigenvalue weighted by molar-refractivity contribution is -0.145. The molecule has 0 aliphatic heterocycles. The number of rotatable bonds is 6. The van der Waals surface area contributed by atoms with Gasteiger partial charge in [0.2, 0.25) is 0 Å². The van der Waals surface area contributed by atoms with Gasteiger partial charge in [-0.1, -0.05) is 78.9 Å². The molecule has 0 unspecified atom stereocenters. The number of benzene rings is 1. The van der Waals surface area contributed by atoms with Gasteiger partial charge in [-0.2, -0.15) is 0 Å². The van der Waals surface area contributed by atoms with Gasteiger partial charge in [0, 0.05) is 6.42 Å². The highest BCUT2D eigenvalue weighted by Gasteiger charge is 2.48. The predicted octanol–water partition coefficient (Wildman–Crippen LogP) is 4.81. The third-order valence-electron chi connectivity index (χ3n) is 5.13. The number of fused-ring (bicyclic) bond motifs is 1. The largest absolute Gasteiger partial charge is 0.469 e. The van der Waals surface area contributed by atoms with Crippen molar-refractivity contribution in [2.45, 2.75) is 12.8 Å². The zero-order valence-electron chi connectivity index (χ0n) is 14.0. The van der Waals surface area contributed by atoms with Crippen LogP contribution in [0, 0.1) is 23.7 Å². The maximum Gasteiger partial charge on any atom is 0.305 e. The Morgan fingerprint density at radius 2 is 1.75 bits per heavy atom. The van der Waals surface area contributed by atoms with Crippen molar-refractivity contribution in [3.63, 3.8) is 0 Å². The Bertz CT molecular complexity index is 666. The number of carbonyl (C=O) groups is 1. The molecule has 24 heavy (non-hydrogen) atoms. The minimum absolute atomic E-state index is 0.0978. The van der Waals surface area contributed by atoms with Crippen LogP contribution in [0.25, 0.3) is 6.08 Å². The SMILES string of the molecule is COC(=O)C[C@H]1[C@H]2C=CC=C[C@H]2[C@@H]1C/C=C/C=C/c1ccccc1. The maximum absolute atomic E-state index is 11.7. The van der Waals surface area contributed by atoms with Crippen molar-refractivity contribution in [3.05, 3.63) is 78.4 Å². The number of esters is 1. The number of hydrogen-bond acceptors (Lipinski definition) is 2. The highest BCUT2D eigenvalue weighted by molar-refractivity contribution is 5.70. The average molecular weight is 320 g/mol. The summed E-state index contributed by atoms with van der Waals surface area (Å²) in [6, 6.07) is 10.3. The van der Waals surface area contributed by atoms with Gasteiger partial charge in [0.15, 0.2) is 0 Å². The van der Waals surface area contributed by atoms with Crippen molar-refractivity contribution in [1.82, 2.24) is 0 Å². The van der Waals surface area contributed by atoms with Gasteiger partial charge in [0.05, 0.1) is 7.11 Å². The summed E-state index contributed by atoms with van der Waals surface area (Å²) in [5.41, 5.74) is 1.20. The minimum atomic E-state index is -0.0978. The fourth-order valence-corrected chi connectivity index (χ4v) is 3.86. The molecule has 2 aliphatic carbocycles. The zero-order chi connectivity index (χ0) is 16.8. The van der Waals surface area contributed by atoms with E-state index in [1.807, 2.05) is 18.2 Å². The van der Waals surface area contributed by atoms with Crippen molar-refractivity contribution < 1.29 is 9.53 Å². The Hall–Kier alpha value is -2.35. The molecule has 1 fully saturated rings. The second-order valence-electron chi connectivity index (χ2n) is 6.47. The number of carbonyl (C=O) groups excluding carboxylic acids is 1. The summed E-state index contributed by atoms with van der Waals surface area (Å²) in [6.07, 6.45) is 18.8. The first-order chi connectivity index (χ1) is 11.8. The third kappa shape index (κ3) is 3.76. The Balaban J connectivity index is 1.57. The van der Waals surface area contributed by atoms with Crippen LogP contribution in [0.3, 0.4) is 0 Å². The lowest BCUT2D eigenvalue weighted by Crippen LogP contribution is -2.46. The molecule has 0 N–H and O–H groups in total. The molecule has 3 rings (SSSR count). The molecule has 0 amide bonds. The minimum Gasteiger partial charge on any atom is -0.469 e. The van der Waals surface area contributed by atoms with E-state index in [4.69, 9.17) is 4.74 Å². The number of hydrogen-bond donors (Lipinski definition) is 0. The van der Waals surface area contributed by atoms with Crippen LogP contribution in [0.5, 0.6) is 0 Å². The first kappa shape index (κ1) is 16.5. The quantitative estimate of drug-likeness (QED) is 0.555. The summed E-state index contributed by atoms with van der Waals surface area (Å²) >= 11 is 0. The fraction of sp³-hybridized carbons (Fsp3) is 0.318. The number of allylic oxidation sites excluding steroid dienone is 7. The molecule has 1 aromatic carbocycles. The van der Waals surface area contributed by atoms with Gasteiger partial charge in [-0.05, 0) is 35.7 Å². The molecule has 1 saturated carbocycles. The summed E-state index contributed by atoms with van der Waals surface area (Å²) in [5.74, 6) is 1.88. The maximum atomic E-state index is 11.7. The fourth-order valence-electron chi connectivity index (χ4n) is 3.86. The predicted molar refractivity (Wildman–Crippen MR) is 98.1 cm³/mol. The van der Waals surface area contributed by atoms with Crippen LogP contribution in [0.2, 0.25) is 0 Å². The van der Waals surface area contributed by atoms with Gasteiger partial charge < -0.3 is 4.74 Å². The molecule has 0 spiro atoms. The molecule has 4 atom stereocenters. The smallest absolute Gasteiger partial charge is 0.305 e. The number of ether oxygens (including phenoxy) is 1. The molecule has 0 heterocycles. The van der Waals surface area contributed by atoms with Gasteiger partial charge in [-0.15, -0.1) is 0 Å². The van der Waals surface area contributed by atoms with E-state index in [1.165, 1.54) is 12.7 Å². The van der Waals surface area contributed by atoms with Crippen molar-refractivity contribution >= 4 is 12.0 Å². The zero-order valence-corrected chi connectivity index (χ0v) is 14.0. The van der Waals surface area contributed by atoms with Crippen molar-refractivity contribution in [2.75, 3.05) is 7.11 Å². The topological polar surface area (TPSA) is 26.3 Å². The molecule has 2 heteroatoms. The summed E-state index contributed by atoms with van der Waals surface area (Å²) in [7, 11) is 1.47. The second-order valence-corrected chi connectivity index (χ2v) is 6.47. The second kappa shape index (κ2) is 7.96. The van der Waals surface area contributed by atoms with Crippen LogP contribution < -0.4 is 0 Å². The van der Waals surface area contributed by atoms with Crippen molar-refractivity contribution in [1.29, 1.82) is 0 Å². The standard InChI is InChI=1S/C22H24O2/c1-24-22(23)16-21-19(18-14-8-9-15-20(18)21)13-7-3-6-12-17-10-4-2-5-11-17/h2-12,14-15,18-21H,13,16H2,1H3/b7-3+,12-6+/t18-,19-,20-,21+/m0/s1. The van der Waals surface area contributed by atoms with Gasteiger partial charge in [-0.25, -0.2) is 0 Å². The molecular formula is C22H24O2. The van der Waals surface area contributed by atoms with E-state index in [0.717, 1.165) is 6.42 Å². The molecule has 0 radical (unpaired) electrons. The van der Waals surface area contributed by atoms with Crippen LogP contribution in [0.4, 0.5) is 0 Å². The van der Waals surface area contributed by atoms with Crippen LogP contribution in [-0.2, 0) is 9.53 Å². The monoisotopic (exact) mass is 320 g/mol. The van der Waals surface area contributed by atoms with Gasteiger partial charge in [-0.3, -0.25) is 4.79 Å². The lowest BCUT2D eigenvalue weighted by Gasteiger charge is -2.50. The molecule has 0 aromatic heterocycles. The van der Waals surface area contributed by atoms with Crippen LogP contribution in [0.1, 0.15) is 18.4 Å². The average Bonchev–Trinajstić information content (AvgIpc) is 2.63. The van der Waals surface area contributed by atoms with Crippen LogP contribution in [0.15, 0.2) is 72.9 Å². The van der Waals surface area contributed by atoms with E-state index < -0.39 is 0 Å². The Morgan fingerprint density at radius 3 is 2.46 bits per heavy atom. The Morgan fingerprint density at radius 1 is 1.04 bits per heavy atom. The first-order valence-electron chi connectivity index (χ1n) is 8.59. The van der Waals surface area contributed by atoms with Crippen LogP contribution in [-0.4, -0.2) is 13.1 Å². The highest BCUT2D eigenvalue weighted by atomic mass is 16.5. The Kier molecular flexibility index (Phi) is 5.47. The normalized spacial score (nSPS) is 28.0. The summed E-state index contributed by atoms with van der Waals surface area (Å²) < 4.78 is 4.87. The molecular weight excluding hydrogens is 296 g/mol. The van der Waals surface area contributed by atoms with Gasteiger partial charge in [0.25, 0.3) is 0 Å². The first-order valence-corrected chi connectivity index (χ1v) is 8.59. The molecule has 0 bridgehead atoms. The third-order valence-corrected chi connectivity index (χ3v) is 5.13. The van der Waals surface area contributed by atoms with E-state index in [-0.39, 0.29) is 5.97 Å². The molecule has 124 valence electrons. The summed E-state index contributed by atoms with van der Waals surface area (Å²) in [5, 5.41) is 0. The summed E-state index contributed by atoms with van der Waals surface area (Å²) in [6.45, 7) is 0.